The molecule has 2 aromatic rings. The van der Waals surface area contributed by atoms with Crippen molar-refractivity contribution in [1.82, 2.24) is 0 Å². The lowest BCUT2D eigenvalue weighted by molar-refractivity contribution is 0.350. The zero-order valence-electron chi connectivity index (χ0n) is 10.9. The van der Waals surface area contributed by atoms with Crippen molar-refractivity contribution in [1.29, 1.82) is 0 Å². The van der Waals surface area contributed by atoms with E-state index in [0.717, 1.165) is 11.1 Å². The van der Waals surface area contributed by atoms with Crippen LogP contribution in [0.2, 0.25) is 5.02 Å². The summed E-state index contributed by atoms with van der Waals surface area (Å²) < 4.78 is 10.7. The summed E-state index contributed by atoms with van der Waals surface area (Å²) in [6, 6.07) is 12.8. The van der Waals surface area contributed by atoms with Gasteiger partial charge in [0.1, 0.15) is 0 Å². The Morgan fingerprint density at radius 1 is 1.05 bits per heavy atom. The van der Waals surface area contributed by atoms with Crippen LogP contribution in [0.4, 0.5) is 0 Å². The van der Waals surface area contributed by atoms with Gasteiger partial charge in [-0.15, -0.1) is 0 Å². The molecule has 4 heteroatoms. The van der Waals surface area contributed by atoms with Crippen LogP contribution in [0.5, 0.6) is 11.5 Å². The highest BCUT2D eigenvalue weighted by Gasteiger charge is 2.17. The molecule has 2 rings (SSSR count). The predicted molar refractivity (Wildman–Crippen MR) is 77.0 cm³/mol. The topological polar surface area (TPSA) is 44.5 Å². The second-order valence-corrected chi connectivity index (χ2v) is 4.55. The SMILES string of the molecule is COc1cccc(C(N)c2cccc(Cl)c2)c1OC. The van der Waals surface area contributed by atoms with E-state index in [4.69, 9.17) is 26.8 Å². The Morgan fingerprint density at radius 2 is 1.79 bits per heavy atom. The average molecular weight is 278 g/mol. The molecule has 0 amide bonds. The van der Waals surface area contributed by atoms with Crippen LogP contribution < -0.4 is 15.2 Å². The normalized spacial score (nSPS) is 12.0. The van der Waals surface area contributed by atoms with E-state index in [0.29, 0.717) is 16.5 Å². The summed E-state index contributed by atoms with van der Waals surface area (Å²) in [6.07, 6.45) is 0. The van der Waals surface area contributed by atoms with Gasteiger partial charge >= 0.3 is 0 Å². The highest BCUT2D eigenvalue weighted by Crippen LogP contribution is 2.36. The lowest BCUT2D eigenvalue weighted by atomic mass is 9.98. The Balaban J connectivity index is 2.46. The second-order valence-electron chi connectivity index (χ2n) is 4.12. The molecule has 1 atom stereocenters. The van der Waals surface area contributed by atoms with E-state index >= 15 is 0 Å². The third-order valence-electron chi connectivity index (χ3n) is 2.98. The van der Waals surface area contributed by atoms with Gasteiger partial charge in [-0.25, -0.2) is 0 Å². The fourth-order valence-electron chi connectivity index (χ4n) is 2.04. The smallest absolute Gasteiger partial charge is 0.165 e. The number of nitrogens with two attached hydrogens (primary N) is 1. The van der Waals surface area contributed by atoms with Crippen LogP contribution in [0.1, 0.15) is 17.2 Å². The summed E-state index contributed by atoms with van der Waals surface area (Å²) in [5, 5.41) is 0.662. The van der Waals surface area contributed by atoms with Crippen molar-refractivity contribution in [2.24, 2.45) is 5.73 Å². The maximum atomic E-state index is 6.29. The van der Waals surface area contributed by atoms with Crippen LogP contribution in [-0.4, -0.2) is 14.2 Å². The Morgan fingerprint density at radius 3 is 2.42 bits per heavy atom. The largest absolute Gasteiger partial charge is 0.493 e. The lowest BCUT2D eigenvalue weighted by Gasteiger charge is -2.18. The molecule has 0 aliphatic rings. The predicted octanol–water partition coefficient (Wildman–Crippen LogP) is 3.41. The molecule has 100 valence electrons. The van der Waals surface area contributed by atoms with Crippen LogP contribution in [-0.2, 0) is 0 Å². The zero-order chi connectivity index (χ0) is 13.8. The van der Waals surface area contributed by atoms with Gasteiger partial charge in [0.15, 0.2) is 11.5 Å². The molecule has 0 fully saturated rings. The highest BCUT2D eigenvalue weighted by molar-refractivity contribution is 6.30. The minimum Gasteiger partial charge on any atom is -0.493 e. The van der Waals surface area contributed by atoms with Gasteiger partial charge in [-0.05, 0) is 23.8 Å². The summed E-state index contributed by atoms with van der Waals surface area (Å²) >= 11 is 6.00. The highest BCUT2D eigenvalue weighted by atomic mass is 35.5. The van der Waals surface area contributed by atoms with E-state index in [1.165, 1.54) is 0 Å². The summed E-state index contributed by atoms with van der Waals surface area (Å²) in [5.74, 6) is 1.31. The van der Waals surface area contributed by atoms with Gasteiger partial charge in [0.05, 0.1) is 20.3 Å². The van der Waals surface area contributed by atoms with Crippen molar-refractivity contribution in [3.63, 3.8) is 0 Å². The van der Waals surface area contributed by atoms with Crippen molar-refractivity contribution in [3.8, 4) is 11.5 Å². The first kappa shape index (κ1) is 13.7. The fourth-order valence-corrected chi connectivity index (χ4v) is 2.24. The third kappa shape index (κ3) is 2.83. The number of benzene rings is 2. The van der Waals surface area contributed by atoms with Crippen LogP contribution >= 0.6 is 11.6 Å². The first-order chi connectivity index (χ1) is 9.17. The second kappa shape index (κ2) is 5.95. The number of rotatable bonds is 4. The molecule has 19 heavy (non-hydrogen) atoms. The summed E-state index contributed by atoms with van der Waals surface area (Å²) in [5.41, 5.74) is 8.09. The van der Waals surface area contributed by atoms with Crippen molar-refractivity contribution in [2.75, 3.05) is 14.2 Å². The van der Waals surface area contributed by atoms with Gasteiger partial charge in [0, 0.05) is 10.6 Å². The van der Waals surface area contributed by atoms with Gasteiger partial charge in [-0.3, -0.25) is 0 Å². The van der Waals surface area contributed by atoms with E-state index in [1.54, 1.807) is 14.2 Å². The average Bonchev–Trinajstić information content (AvgIpc) is 2.45. The van der Waals surface area contributed by atoms with Gasteiger partial charge in [0.25, 0.3) is 0 Å². The van der Waals surface area contributed by atoms with Crippen LogP contribution in [0.3, 0.4) is 0 Å². The summed E-state index contributed by atoms with van der Waals surface area (Å²) in [6.45, 7) is 0. The Bertz CT molecular complexity index is 572. The molecular formula is C15H16ClNO2. The molecule has 0 aliphatic heterocycles. The first-order valence-electron chi connectivity index (χ1n) is 5.89. The van der Waals surface area contributed by atoms with E-state index in [-0.39, 0.29) is 6.04 Å². The van der Waals surface area contributed by atoms with Crippen molar-refractivity contribution >= 4 is 11.6 Å². The first-order valence-corrected chi connectivity index (χ1v) is 6.27. The molecule has 0 aliphatic carbocycles. The molecule has 1 unspecified atom stereocenters. The maximum Gasteiger partial charge on any atom is 0.165 e. The van der Waals surface area contributed by atoms with Crippen LogP contribution in [0.25, 0.3) is 0 Å². The minimum atomic E-state index is -0.316. The number of ether oxygens (including phenoxy) is 2. The summed E-state index contributed by atoms with van der Waals surface area (Å²) in [7, 11) is 3.21. The molecule has 0 saturated heterocycles. The Kier molecular flexibility index (Phi) is 4.30. The number of methoxy groups -OCH3 is 2. The fraction of sp³-hybridized carbons (Fsp3) is 0.200. The third-order valence-corrected chi connectivity index (χ3v) is 3.21. The molecule has 0 saturated carbocycles. The molecule has 0 aromatic heterocycles. The number of para-hydroxylation sites is 1. The van der Waals surface area contributed by atoms with Gasteiger partial charge in [-0.2, -0.15) is 0 Å². The molecule has 0 heterocycles. The number of halogens is 1. The molecule has 3 nitrogen and oxygen atoms in total. The summed E-state index contributed by atoms with van der Waals surface area (Å²) in [4.78, 5) is 0. The Hall–Kier alpha value is -1.71. The molecule has 2 N–H and O–H groups in total. The maximum absolute atomic E-state index is 6.29. The van der Waals surface area contributed by atoms with Crippen LogP contribution in [0.15, 0.2) is 42.5 Å². The Labute approximate surface area is 117 Å². The van der Waals surface area contributed by atoms with Crippen molar-refractivity contribution < 1.29 is 9.47 Å². The van der Waals surface area contributed by atoms with E-state index in [1.807, 2.05) is 42.5 Å². The van der Waals surface area contributed by atoms with E-state index < -0.39 is 0 Å². The lowest BCUT2D eigenvalue weighted by Crippen LogP contribution is -2.13. The molecule has 0 spiro atoms. The monoisotopic (exact) mass is 277 g/mol. The number of hydrogen-bond donors (Lipinski definition) is 1. The molecular weight excluding hydrogens is 262 g/mol. The molecule has 0 bridgehead atoms. The van der Waals surface area contributed by atoms with Crippen molar-refractivity contribution in [2.45, 2.75) is 6.04 Å². The van der Waals surface area contributed by atoms with Gasteiger partial charge in [0.2, 0.25) is 0 Å². The van der Waals surface area contributed by atoms with Gasteiger partial charge < -0.3 is 15.2 Å². The minimum absolute atomic E-state index is 0.316. The quantitative estimate of drug-likeness (QED) is 0.931. The van der Waals surface area contributed by atoms with Crippen LogP contribution in [0, 0.1) is 0 Å². The standard InChI is InChI=1S/C15H16ClNO2/c1-18-13-8-4-7-12(15(13)19-2)14(17)10-5-3-6-11(16)9-10/h3-9,14H,17H2,1-2H3. The van der Waals surface area contributed by atoms with Gasteiger partial charge in [-0.1, -0.05) is 35.9 Å². The van der Waals surface area contributed by atoms with E-state index in [2.05, 4.69) is 0 Å². The molecule has 2 aromatic carbocycles. The van der Waals surface area contributed by atoms with Crippen molar-refractivity contribution in [3.05, 3.63) is 58.6 Å². The number of hydrogen-bond acceptors (Lipinski definition) is 3. The van der Waals surface area contributed by atoms with E-state index in [9.17, 15) is 0 Å². The molecule has 0 radical (unpaired) electrons. The zero-order valence-corrected chi connectivity index (χ0v) is 11.6.